The summed E-state index contributed by atoms with van der Waals surface area (Å²) in [5, 5.41) is 24.7. The average Bonchev–Trinajstić information content (AvgIpc) is 3.15. The van der Waals surface area contributed by atoms with Crippen LogP contribution < -0.4 is 15.1 Å². The molecule has 0 bridgehead atoms. The number of rotatable bonds is 10. The van der Waals surface area contributed by atoms with Gasteiger partial charge in [0.25, 0.3) is 5.91 Å². The molecule has 2 heterocycles. The molecule has 1 atom stereocenters. The summed E-state index contributed by atoms with van der Waals surface area (Å²) < 4.78 is 5.19. The minimum absolute atomic E-state index is 0.0381. The molecule has 0 spiro atoms. The number of ether oxygens (including phenoxy) is 1. The summed E-state index contributed by atoms with van der Waals surface area (Å²) in [6.45, 7) is 5.18. The van der Waals surface area contributed by atoms with E-state index in [-0.39, 0.29) is 29.3 Å². The highest BCUT2D eigenvalue weighted by Crippen LogP contribution is 2.38. The maximum absolute atomic E-state index is 13.6. The van der Waals surface area contributed by atoms with Crippen LogP contribution in [0.15, 0.2) is 91.0 Å². The second kappa shape index (κ2) is 15.8. The number of nitrogens with one attached hydrogen (secondary N) is 1. The Balaban J connectivity index is 1.14. The molecule has 4 aromatic carbocycles. The number of carbonyl (C=O) groups excluding carboxylic acids is 2. The van der Waals surface area contributed by atoms with Crippen LogP contribution in [0, 0.1) is 11.8 Å². The second-order valence-electron chi connectivity index (χ2n) is 12.9. The third-order valence-corrected chi connectivity index (χ3v) is 10.1. The van der Waals surface area contributed by atoms with E-state index in [0.717, 1.165) is 61.3 Å². The number of aromatic carboxylic acids is 1. The number of esters is 1. The zero-order valence-corrected chi connectivity index (χ0v) is 28.8. The Morgan fingerprint density at radius 2 is 1.36 bits per heavy atom. The maximum atomic E-state index is 13.6. The third-order valence-electron chi connectivity index (χ3n) is 9.86. The molecule has 6 rings (SSSR count). The monoisotopic (exact) mass is 695 g/mol. The number of carboxylic acid groups (broad SMARTS) is 1. The van der Waals surface area contributed by atoms with Gasteiger partial charge in [0.2, 0.25) is 0 Å². The highest BCUT2D eigenvalue weighted by molar-refractivity contribution is 6.30. The van der Waals surface area contributed by atoms with Crippen molar-refractivity contribution in [1.29, 1.82) is 0 Å². The molecule has 9 nitrogen and oxygen atoms in total. The van der Waals surface area contributed by atoms with Crippen LogP contribution in [0.5, 0.6) is 0 Å². The maximum Gasteiger partial charge on any atom is 0.335 e. The lowest BCUT2D eigenvalue weighted by molar-refractivity contribution is -0.148. The van der Waals surface area contributed by atoms with Crippen LogP contribution in [0.4, 0.5) is 17.1 Å². The van der Waals surface area contributed by atoms with Gasteiger partial charge in [-0.2, -0.15) is 0 Å². The predicted molar refractivity (Wildman–Crippen MR) is 196 cm³/mol. The number of anilines is 3. The smallest absolute Gasteiger partial charge is 0.335 e. The van der Waals surface area contributed by atoms with Gasteiger partial charge in [-0.25, -0.2) is 4.79 Å². The fourth-order valence-corrected chi connectivity index (χ4v) is 7.10. The third kappa shape index (κ3) is 8.12. The van der Waals surface area contributed by atoms with Crippen LogP contribution >= 0.6 is 11.6 Å². The summed E-state index contributed by atoms with van der Waals surface area (Å²) in [5.41, 5.74) is 5.76. The summed E-state index contributed by atoms with van der Waals surface area (Å²) in [7, 11) is 0. The first-order chi connectivity index (χ1) is 24.2. The van der Waals surface area contributed by atoms with Crippen molar-refractivity contribution < 1.29 is 29.3 Å². The van der Waals surface area contributed by atoms with E-state index in [2.05, 4.69) is 15.1 Å². The molecule has 10 heteroatoms. The molecule has 0 saturated carbocycles. The highest BCUT2D eigenvalue weighted by atomic mass is 35.5. The van der Waals surface area contributed by atoms with E-state index in [1.165, 1.54) is 0 Å². The van der Waals surface area contributed by atoms with Crippen LogP contribution in [-0.4, -0.2) is 60.8 Å². The molecule has 2 fully saturated rings. The number of carboxylic acids is 1. The summed E-state index contributed by atoms with van der Waals surface area (Å²) >= 11 is 6.18. The van der Waals surface area contributed by atoms with E-state index in [9.17, 15) is 24.6 Å². The first-order valence-corrected chi connectivity index (χ1v) is 17.6. The van der Waals surface area contributed by atoms with Gasteiger partial charge in [-0.1, -0.05) is 29.8 Å². The Bertz CT molecular complexity index is 1800. The van der Waals surface area contributed by atoms with Gasteiger partial charge in [0.1, 0.15) is 0 Å². The van der Waals surface area contributed by atoms with E-state index in [1.54, 1.807) is 24.3 Å². The van der Waals surface area contributed by atoms with Gasteiger partial charge in [-0.3, -0.25) is 9.59 Å². The van der Waals surface area contributed by atoms with Crippen molar-refractivity contribution in [2.75, 3.05) is 47.9 Å². The van der Waals surface area contributed by atoms with Crippen LogP contribution in [0.1, 0.15) is 65.0 Å². The lowest BCUT2D eigenvalue weighted by atomic mass is 9.83. The molecular weight excluding hydrogens is 654 g/mol. The fraction of sp³-hybridized carbons (Fsp3) is 0.325. The van der Waals surface area contributed by atoms with E-state index in [0.29, 0.717) is 41.5 Å². The van der Waals surface area contributed by atoms with Gasteiger partial charge in [0.15, 0.2) is 0 Å². The Morgan fingerprint density at radius 1 is 0.800 bits per heavy atom. The Hall–Kier alpha value is -4.86. The number of hydrogen-bond acceptors (Lipinski definition) is 7. The number of amides is 1. The summed E-state index contributed by atoms with van der Waals surface area (Å²) in [6.07, 6.45) is 2.14. The van der Waals surface area contributed by atoms with Crippen LogP contribution in [-0.2, 0) is 9.53 Å². The van der Waals surface area contributed by atoms with Crippen LogP contribution in [0.25, 0.3) is 11.1 Å². The molecule has 2 aliphatic heterocycles. The number of carbonyl (C=O) groups is 3. The van der Waals surface area contributed by atoms with E-state index in [4.69, 9.17) is 16.3 Å². The number of piperidine rings is 2. The molecule has 0 unspecified atom stereocenters. The predicted octanol–water partition coefficient (Wildman–Crippen LogP) is 7.69. The quantitative estimate of drug-likeness (QED) is 0.145. The van der Waals surface area contributed by atoms with Crippen molar-refractivity contribution in [3.05, 3.63) is 113 Å². The van der Waals surface area contributed by atoms with Gasteiger partial charge in [0, 0.05) is 53.8 Å². The number of nitrogens with zero attached hydrogens (tertiary/aromatic N) is 2. The number of halogens is 1. The molecule has 0 radical (unpaired) electrons. The van der Waals surface area contributed by atoms with Crippen molar-refractivity contribution in [3.63, 3.8) is 0 Å². The van der Waals surface area contributed by atoms with Gasteiger partial charge in [0.05, 0.1) is 24.2 Å². The van der Waals surface area contributed by atoms with Gasteiger partial charge in [-0.15, -0.1) is 0 Å². The van der Waals surface area contributed by atoms with E-state index in [1.807, 2.05) is 73.7 Å². The first-order valence-electron chi connectivity index (χ1n) is 17.2. The molecule has 0 aromatic heterocycles. The number of aliphatic hydroxyl groups is 1. The van der Waals surface area contributed by atoms with E-state index < -0.39 is 12.1 Å². The summed E-state index contributed by atoms with van der Waals surface area (Å²) in [4.78, 5) is 41.4. The lowest BCUT2D eigenvalue weighted by Crippen LogP contribution is -2.36. The summed E-state index contributed by atoms with van der Waals surface area (Å²) in [6, 6.07) is 27.5. The molecule has 2 saturated heterocycles. The zero-order valence-electron chi connectivity index (χ0n) is 28.1. The lowest BCUT2D eigenvalue weighted by Gasteiger charge is -2.36. The topological polar surface area (TPSA) is 119 Å². The van der Waals surface area contributed by atoms with Crippen molar-refractivity contribution in [2.45, 2.75) is 38.7 Å². The Morgan fingerprint density at radius 3 is 1.94 bits per heavy atom. The first kappa shape index (κ1) is 35.0. The molecule has 1 amide bonds. The van der Waals surface area contributed by atoms with Crippen molar-refractivity contribution in [1.82, 2.24) is 0 Å². The minimum Gasteiger partial charge on any atom is -0.478 e. The van der Waals surface area contributed by atoms with Crippen LogP contribution in [0.2, 0.25) is 5.02 Å². The summed E-state index contributed by atoms with van der Waals surface area (Å²) in [5.74, 6) is -1.44. The number of aliphatic hydroxyl groups excluding tert-OH is 1. The molecule has 4 aromatic rings. The zero-order chi connectivity index (χ0) is 35.2. The van der Waals surface area contributed by atoms with Gasteiger partial charge in [-0.05, 0) is 128 Å². The standard InChI is InChI=1S/C40H42ClN3O6/c1-2-50-40(49)29-19-23-44(24-20-29)34-14-10-32(11-15-34)42-38(46)30-7-16-35(26-3-8-31(41)9-4-26)36(25-30)37(45)27-17-21-43(22-18-27)33-12-5-28(6-13-33)39(47)48/h3-16,25,27,29,37,45H,2,17-24H2,1H3,(H,42,46)(H,47,48)/t37-/m1/s1. The Labute approximate surface area is 297 Å². The van der Waals surface area contributed by atoms with E-state index >= 15 is 0 Å². The second-order valence-corrected chi connectivity index (χ2v) is 13.4. The molecule has 260 valence electrons. The molecular formula is C40H42ClN3O6. The van der Waals surface area contributed by atoms with Crippen molar-refractivity contribution in [3.8, 4) is 11.1 Å². The minimum atomic E-state index is -0.954. The average molecular weight is 696 g/mol. The Kier molecular flexibility index (Phi) is 11.0. The SMILES string of the molecule is CCOC(=O)C1CCN(c2ccc(NC(=O)c3ccc(-c4ccc(Cl)cc4)c([C@H](O)C4CCN(c5ccc(C(=O)O)cc5)CC4)c3)cc2)CC1. The van der Waals surface area contributed by atoms with Gasteiger partial charge < -0.3 is 30.1 Å². The van der Waals surface area contributed by atoms with Crippen molar-refractivity contribution >= 4 is 46.5 Å². The number of hydrogen-bond donors (Lipinski definition) is 3. The van der Waals surface area contributed by atoms with Crippen LogP contribution in [0.3, 0.4) is 0 Å². The fourth-order valence-electron chi connectivity index (χ4n) is 6.98. The highest BCUT2D eigenvalue weighted by Gasteiger charge is 2.29. The molecule has 0 aliphatic carbocycles. The van der Waals surface area contributed by atoms with Crippen molar-refractivity contribution in [2.24, 2.45) is 11.8 Å². The van der Waals surface area contributed by atoms with Gasteiger partial charge >= 0.3 is 11.9 Å². The molecule has 50 heavy (non-hydrogen) atoms. The normalized spacial score (nSPS) is 16.1. The largest absolute Gasteiger partial charge is 0.478 e. The number of benzene rings is 4. The molecule has 2 aliphatic rings. The molecule has 3 N–H and O–H groups in total.